The number of unbranched alkanes of at least 4 members (excludes halogenated alkanes) is 25. The van der Waals surface area contributed by atoms with Crippen LogP contribution in [0.2, 0.25) is 0 Å². The van der Waals surface area contributed by atoms with Crippen LogP contribution in [0.4, 0.5) is 0 Å². The number of allylic oxidation sites excluding steroid dienone is 3. The molecule has 2 aliphatic rings. The topological polar surface area (TPSA) is 228 Å². The van der Waals surface area contributed by atoms with Crippen LogP contribution in [0.1, 0.15) is 200 Å². The Hall–Kier alpha value is -1.53. The van der Waals surface area contributed by atoms with Gasteiger partial charge >= 0.3 is 0 Å². The molecule has 65 heavy (non-hydrogen) atoms. The smallest absolute Gasteiger partial charge is 0.220 e. The largest absolute Gasteiger partial charge is 0.394 e. The van der Waals surface area contributed by atoms with Gasteiger partial charge < -0.3 is 65.1 Å². The maximum absolute atomic E-state index is 13.2. The highest BCUT2D eigenvalue weighted by atomic mass is 16.7. The van der Waals surface area contributed by atoms with E-state index in [0.717, 1.165) is 38.5 Å². The molecule has 14 nitrogen and oxygen atoms in total. The molecule has 2 aliphatic heterocycles. The van der Waals surface area contributed by atoms with Crippen LogP contribution < -0.4 is 5.32 Å². The van der Waals surface area contributed by atoms with Crippen LogP contribution in [0.5, 0.6) is 0 Å². The van der Waals surface area contributed by atoms with Crippen molar-refractivity contribution in [2.75, 3.05) is 19.8 Å². The predicted molar refractivity (Wildman–Crippen MR) is 254 cm³/mol. The van der Waals surface area contributed by atoms with E-state index in [0.29, 0.717) is 6.42 Å². The predicted octanol–water partition coefficient (Wildman–Crippen LogP) is 6.94. The lowest BCUT2D eigenvalue weighted by molar-refractivity contribution is -0.359. The second-order valence-corrected chi connectivity index (χ2v) is 18.6. The van der Waals surface area contributed by atoms with Gasteiger partial charge in [-0.1, -0.05) is 173 Å². The van der Waals surface area contributed by atoms with Gasteiger partial charge in [0.1, 0.15) is 48.8 Å². The van der Waals surface area contributed by atoms with Gasteiger partial charge in [-0.25, -0.2) is 0 Å². The van der Waals surface area contributed by atoms with Gasteiger partial charge in [0.25, 0.3) is 0 Å². The zero-order valence-electron chi connectivity index (χ0n) is 40.5. The first-order chi connectivity index (χ1) is 31.6. The zero-order valence-corrected chi connectivity index (χ0v) is 40.5. The van der Waals surface area contributed by atoms with Gasteiger partial charge in [0.15, 0.2) is 12.6 Å². The Morgan fingerprint density at radius 3 is 1.46 bits per heavy atom. The summed E-state index contributed by atoms with van der Waals surface area (Å²) < 4.78 is 22.7. The van der Waals surface area contributed by atoms with E-state index in [1.807, 2.05) is 6.08 Å². The molecule has 9 N–H and O–H groups in total. The van der Waals surface area contributed by atoms with Gasteiger partial charge in [0.2, 0.25) is 5.91 Å². The third kappa shape index (κ3) is 25.6. The van der Waals surface area contributed by atoms with Crippen molar-refractivity contribution in [3.8, 4) is 0 Å². The number of ether oxygens (including phenoxy) is 4. The van der Waals surface area contributed by atoms with E-state index in [1.54, 1.807) is 6.08 Å². The zero-order chi connectivity index (χ0) is 47.5. The molecule has 14 heteroatoms. The van der Waals surface area contributed by atoms with Gasteiger partial charge in [-0.15, -0.1) is 0 Å². The summed E-state index contributed by atoms with van der Waals surface area (Å²) in [6.45, 7) is 2.76. The molecule has 0 spiro atoms. The van der Waals surface area contributed by atoms with Gasteiger partial charge in [0, 0.05) is 6.42 Å². The fourth-order valence-electron chi connectivity index (χ4n) is 8.58. The maximum Gasteiger partial charge on any atom is 0.220 e. The summed E-state index contributed by atoms with van der Waals surface area (Å²) in [7, 11) is 0. The van der Waals surface area contributed by atoms with Crippen LogP contribution in [0.15, 0.2) is 24.3 Å². The number of rotatable bonds is 40. The molecule has 0 aromatic carbocycles. The second-order valence-electron chi connectivity index (χ2n) is 18.6. The molecule has 2 saturated heterocycles. The summed E-state index contributed by atoms with van der Waals surface area (Å²) in [6, 6.07) is -0.911. The van der Waals surface area contributed by atoms with Crippen LogP contribution in [0.25, 0.3) is 0 Å². The molecular formula is C51H95NO13. The highest BCUT2D eigenvalue weighted by Crippen LogP contribution is 2.30. The standard InChI is InChI=1S/C51H95NO13/c1-3-5-7-9-11-13-15-16-17-18-19-20-21-22-23-24-25-27-29-31-33-35-43(56)52-39(40(55)34-32-30-28-26-14-12-10-8-6-4-2)38-62-50-48(61)46(59)49(42(37-54)64-50)65-51-47(60)45(58)44(57)41(36-53)63-51/h18-19,32,34,39-42,44-51,53-55,57-61H,3-17,20-31,33,35-38H2,1-2H3,(H,52,56)/b19-18-,34-32+. The van der Waals surface area contributed by atoms with Crippen molar-refractivity contribution in [3.05, 3.63) is 24.3 Å². The Morgan fingerprint density at radius 2 is 0.969 bits per heavy atom. The van der Waals surface area contributed by atoms with Crippen LogP contribution in [0.3, 0.4) is 0 Å². The fraction of sp³-hybridized carbons (Fsp3) is 0.902. The van der Waals surface area contributed by atoms with Crippen molar-refractivity contribution in [1.82, 2.24) is 5.32 Å². The minimum Gasteiger partial charge on any atom is -0.394 e. The van der Waals surface area contributed by atoms with Crippen molar-refractivity contribution < 1.29 is 64.6 Å². The summed E-state index contributed by atoms with van der Waals surface area (Å²) in [6.07, 6.45) is 25.1. The second kappa shape index (κ2) is 38.3. The molecule has 0 radical (unpaired) electrons. The monoisotopic (exact) mass is 930 g/mol. The van der Waals surface area contributed by atoms with Crippen LogP contribution in [-0.4, -0.2) is 140 Å². The lowest BCUT2D eigenvalue weighted by Gasteiger charge is -2.46. The Kier molecular flexibility index (Phi) is 35.1. The minimum absolute atomic E-state index is 0.243. The van der Waals surface area contributed by atoms with Crippen molar-refractivity contribution in [2.45, 2.75) is 274 Å². The highest BCUT2D eigenvalue weighted by Gasteiger charge is 2.51. The van der Waals surface area contributed by atoms with Crippen molar-refractivity contribution >= 4 is 5.91 Å². The highest BCUT2D eigenvalue weighted by molar-refractivity contribution is 5.76. The fourth-order valence-corrected chi connectivity index (χ4v) is 8.58. The summed E-state index contributed by atoms with van der Waals surface area (Å²) >= 11 is 0. The molecule has 0 aliphatic carbocycles. The van der Waals surface area contributed by atoms with Crippen LogP contribution >= 0.6 is 0 Å². The number of aliphatic hydroxyl groups is 8. The third-order valence-corrected chi connectivity index (χ3v) is 12.9. The number of carbonyl (C=O) groups is 1. The molecule has 1 amide bonds. The summed E-state index contributed by atoms with van der Waals surface area (Å²) in [5.41, 5.74) is 0. The molecule has 0 saturated carbocycles. The molecule has 382 valence electrons. The average Bonchev–Trinajstić information content (AvgIpc) is 3.30. The average molecular weight is 930 g/mol. The SMILES string of the molecule is CCCCCCCCCC/C=C\CCCCCCCCCCCC(=O)NC(COC1OC(CO)C(OC2OC(CO)C(O)C(O)C2O)C(O)C1O)C(O)/C=C/CCCCCCCCCC. The number of nitrogens with one attached hydrogen (secondary N) is 1. The Bertz CT molecular complexity index is 1190. The van der Waals surface area contributed by atoms with Crippen LogP contribution in [-0.2, 0) is 23.7 Å². The minimum atomic E-state index is -1.79. The first kappa shape index (κ1) is 59.6. The molecular weight excluding hydrogens is 835 g/mol. The van der Waals surface area contributed by atoms with E-state index in [1.165, 1.54) is 135 Å². The normalized spacial score (nSPS) is 27.2. The Morgan fingerprint density at radius 1 is 0.538 bits per heavy atom. The number of hydrogen-bond acceptors (Lipinski definition) is 13. The van der Waals surface area contributed by atoms with Crippen LogP contribution in [0, 0.1) is 0 Å². The molecule has 0 aromatic heterocycles. The van der Waals surface area contributed by atoms with E-state index in [2.05, 4.69) is 31.3 Å². The van der Waals surface area contributed by atoms with E-state index >= 15 is 0 Å². The van der Waals surface area contributed by atoms with Gasteiger partial charge in [0.05, 0.1) is 32.0 Å². The van der Waals surface area contributed by atoms with Gasteiger partial charge in [-0.05, 0) is 44.9 Å². The lowest BCUT2D eigenvalue weighted by atomic mass is 9.97. The molecule has 2 fully saturated rings. The number of carbonyl (C=O) groups excluding carboxylic acids is 1. The number of aliphatic hydroxyl groups excluding tert-OH is 8. The Labute approximate surface area is 392 Å². The van der Waals surface area contributed by atoms with Gasteiger partial charge in [-0.3, -0.25) is 4.79 Å². The third-order valence-electron chi connectivity index (χ3n) is 12.9. The van der Waals surface area contributed by atoms with E-state index in [9.17, 15) is 45.6 Å². The lowest BCUT2D eigenvalue weighted by Crippen LogP contribution is -2.65. The van der Waals surface area contributed by atoms with Gasteiger partial charge in [-0.2, -0.15) is 0 Å². The summed E-state index contributed by atoms with van der Waals surface area (Å²) in [4.78, 5) is 13.2. The van der Waals surface area contributed by atoms with Crippen molar-refractivity contribution in [3.63, 3.8) is 0 Å². The van der Waals surface area contributed by atoms with Crippen molar-refractivity contribution in [2.24, 2.45) is 0 Å². The number of amides is 1. The molecule has 12 atom stereocenters. The van der Waals surface area contributed by atoms with E-state index in [-0.39, 0.29) is 18.9 Å². The first-order valence-electron chi connectivity index (χ1n) is 26.1. The van der Waals surface area contributed by atoms with Crippen molar-refractivity contribution in [1.29, 1.82) is 0 Å². The molecule has 2 heterocycles. The van der Waals surface area contributed by atoms with E-state index in [4.69, 9.17) is 18.9 Å². The number of hydrogen-bond donors (Lipinski definition) is 9. The summed E-state index contributed by atoms with van der Waals surface area (Å²) in [5.74, 6) is -0.243. The molecule has 12 unspecified atom stereocenters. The molecule has 0 aromatic rings. The maximum atomic E-state index is 13.2. The molecule has 0 bridgehead atoms. The molecule has 2 rings (SSSR count). The quantitative estimate of drug-likeness (QED) is 0.0225. The Balaban J connectivity index is 1.78. The van der Waals surface area contributed by atoms with E-state index < -0.39 is 86.8 Å². The first-order valence-corrected chi connectivity index (χ1v) is 26.1. The summed E-state index contributed by atoms with van der Waals surface area (Å²) in [5, 5.41) is 86.6.